The molecule has 0 heterocycles. The van der Waals surface area contributed by atoms with Crippen LogP contribution in [-0.4, -0.2) is 37.6 Å². The fourth-order valence-electron chi connectivity index (χ4n) is 3.28. The Bertz CT molecular complexity index is 604. The molecule has 1 saturated carbocycles. The molecule has 0 bridgehead atoms. The molecule has 1 amide bonds. The minimum atomic E-state index is 0. The zero-order chi connectivity index (χ0) is 19.3. The number of benzene rings is 1. The van der Waals surface area contributed by atoms with Gasteiger partial charge in [0.15, 0.2) is 5.96 Å². The summed E-state index contributed by atoms with van der Waals surface area (Å²) < 4.78 is 5.65. The van der Waals surface area contributed by atoms with E-state index in [1.807, 2.05) is 38.1 Å². The van der Waals surface area contributed by atoms with Crippen molar-refractivity contribution in [2.75, 3.05) is 19.7 Å². The zero-order valence-electron chi connectivity index (χ0n) is 17.1. The van der Waals surface area contributed by atoms with Crippen molar-refractivity contribution >= 4 is 35.8 Å². The molecule has 0 unspecified atom stereocenters. The van der Waals surface area contributed by atoms with Crippen molar-refractivity contribution in [2.45, 2.75) is 65.0 Å². The molecule has 2 rings (SSSR count). The number of hydrogen-bond acceptors (Lipinski definition) is 3. The van der Waals surface area contributed by atoms with E-state index < -0.39 is 0 Å². The zero-order valence-corrected chi connectivity index (χ0v) is 19.5. The third-order valence-electron chi connectivity index (χ3n) is 4.64. The molecular formula is C21H35IN4O2. The van der Waals surface area contributed by atoms with E-state index in [1.54, 1.807) is 0 Å². The summed E-state index contributed by atoms with van der Waals surface area (Å²) in [6.07, 6.45) is 6.43. The normalized spacial score (nSPS) is 14.7. The van der Waals surface area contributed by atoms with Crippen molar-refractivity contribution in [3.05, 3.63) is 29.8 Å². The molecule has 3 N–H and O–H groups in total. The van der Waals surface area contributed by atoms with Gasteiger partial charge in [-0.25, -0.2) is 4.99 Å². The Morgan fingerprint density at radius 1 is 1.14 bits per heavy atom. The second-order valence-electron chi connectivity index (χ2n) is 6.82. The van der Waals surface area contributed by atoms with Gasteiger partial charge in [-0.15, -0.1) is 24.0 Å². The predicted molar refractivity (Wildman–Crippen MR) is 125 cm³/mol. The Morgan fingerprint density at radius 2 is 1.89 bits per heavy atom. The van der Waals surface area contributed by atoms with Gasteiger partial charge in [0.05, 0.1) is 13.2 Å². The Hall–Kier alpha value is -1.51. The van der Waals surface area contributed by atoms with Crippen LogP contribution in [0.25, 0.3) is 0 Å². The second-order valence-corrected chi connectivity index (χ2v) is 6.82. The number of ether oxygens (including phenoxy) is 1. The van der Waals surface area contributed by atoms with Crippen LogP contribution in [0.2, 0.25) is 0 Å². The van der Waals surface area contributed by atoms with E-state index in [4.69, 9.17) is 4.74 Å². The van der Waals surface area contributed by atoms with Gasteiger partial charge >= 0.3 is 0 Å². The van der Waals surface area contributed by atoms with Crippen molar-refractivity contribution in [1.29, 1.82) is 0 Å². The molecule has 6 nitrogen and oxygen atoms in total. The maximum atomic E-state index is 12.1. The molecule has 0 aliphatic heterocycles. The SMILES string of the molecule is CCNC(=NCc1ccccc1OCC)NCCC(=O)NC1CCCCC1.I. The first-order chi connectivity index (χ1) is 13.2. The lowest BCUT2D eigenvalue weighted by Gasteiger charge is -2.22. The summed E-state index contributed by atoms with van der Waals surface area (Å²) in [7, 11) is 0. The van der Waals surface area contributed by atoms with Crippen LogP contribution in [0.1, 0.15) is 57.9 Å². The number of nitrogens with zero attached hydrogens (tertiary/aromatic N) is 1. The summed E-state index contributed by atoms with van der Waals surface area (Å²) in [5.74, 6) is 1.70. The number of carbonyl (C=O) groups is 1. The van der Waals surface area contributed by atoms with E-state index in [-0.39, 0.29) is 29.9 Å². The van der Waals surface area contributed by atoms with Crippen LogP contribution < -0.4 is 20.7 Å². The topological polar surface area (TPSA) is 74.8 Å². The number of hydrogen-bond donors (Lipinski definition) is 3. The standard InChI is InChI=1S/C21H34N4O2.HI/c1-3-22-21(24-16-17-10-8-9-13-19(17)27-4-2)23-15-14-20(26)25-18-11-6-5-7-12-18;/h8-10,13,18H,3-7,11-12,14-16H2,1-2H3,(H,25,26)(H2,22,23,24);1H. The molecule has 0 atom stereocenters. The van der Waals surface area contributed by atoms with E-state index in [2.05, 4.69) is 20.9 Å². The summed E-state index contributed by atoms with van der Waals surface area (Å²) in [6.45, 7) is 6.50. The molecule has 1 aromatic carbocycles. The fraction of sp³-hybridized carbons (Fsp3) is 0.619. The van der Waals surface area contributed by atoms with Gasteiger partial charge in [0, 0.05) is 31.1 Å². The monoisotopic (exact) mass is 502 g/mol. The number of halogens is 1. The first-order valence-electron chi connectivity index (χ1n) is 10.2. The maximum absolute atomic E-state index is 12.1. The van der Waals surface area contributed by atoms with Crippen LogP contribution in [-0.2, 0) is 11.3 Å². The molecule has 0 radical (unpaired) electrons. The number of aliphatic imine (C=N–C) groups is 1. The summed E-state index contributed by atoms with van der Waals surface area (Å²) in [4.78, 5) is 16.7. The lowest BCUT2D eigenvalue weighted by Crippen LogP contribution is -2.41. The van der Waals surface area contributed by atoms with Gasteiger partial charge in [-0.3, -0.25) is 4.79 Å². The molecule has 158 valence electrons. The molecule has 28 heavy (non-hydrogen) atoms. The first-order valence-corrected chi connectivity index (χ1v) is 10.2. The molecular weight excluding hydrogens is 467 g/mol. The molecule has 1 fully saturated rings. The van der Waals surface area contributed by atoms with Crippen molar-refractivity contribution in [2.24, 2.45) is 4.99 Å². The average molecular weight is 502 g/mol. The van der Waals surface area contributed by atoms with Gasteiger partial charge in [-0.1, -0.05) is 37.5 Å². The summed E-state index contributed by atoms with van der Waals surface area (Å²) >= 11 is 0. The van der Waals surface area contributed by atoms with E-state index in [1.165, 1.54) is 19.3 Å². The van der Waals surface area contributed by atoms with E-state index in [9.17, 15) is 4.79 Å². The highest BCUT2D eigenvalue weighted by atomic mass is 127. The average Bonchev–Trinajstić information content (AvgIpc) is 2.68. The van der Waals surface area contributed by atoms with Crippen molar-refractivity contribution in [3.8, 4) is 5.75 Å². The van der Waals surface area contributed by atoms with Crippen LogP contribution >= 0.6 is 24.0 Å². The third-order valence-corrected chi connectivity index (χ3v) is 4.64. The number of nitrogens with one attached hydrogen (secondary N) is 3. The van der Waals surface area contributed by atoms with Gasteiger partial charge in [0.2, 0.25) is 5.91 Å². The lowest BCUT2D eigenvalue weighted by molar-refractivity contribution is -0.121. The molecule has 0 saturated heterocycles. The van der Waals surface area contributed by atoms with Gasteiger partial charge in [0.1, 0.15) is 5.75 Å². The Kier molecular flexibility index (Phi) is 12.7. The molecule has 0 aromatic heterocycles. The largest absolute Gasteiger partial charge is 0.494 e. The van der Waals surface area contributed by atoms with E-state index >= 15 is 0 Å². The Morgan fingerprint density at radius 3 is 2.61 bits per heavy atom. The highest BCUT2D eigenvalue weighted by molar-refractivity contribution is 14.0. The number of rotatable bonds is 9. The Balaban J connectivity index is 0.00000392. The fourth-order valence-corrected chi connectivity index (χ4v) is 3.28. The minimum absolute atomic E-state index is 0. The molecule has 1 aromatic rings. The van der Waals surface area contributed by atoms with Crippen molar-refractivity contribution in [3.63, 3.8) is 0 Å². The van der Waals surface area contributed by atoms with Crippen molar-refractivity contribution < 1.29 is 9.53 Å². The van der Waals surface area contributed by atoms with E-state index in [0.29, 0.717) is 38.1 Å². The van der Waals surface area contributed by atoms with Gasteiger partial charge in [-0.05, 0) is 32.8 Å². The van der Waals surface area contributed by atoms with Crippen LogP contribution in [0.15, 0.2) is 29.3 Å². The molecule has 1 aliphatic carbocycles. The molecule has 1 aliphatic rings. The summed E-state index contributed by atoms with van der Waals surface area (Å²) in [5, 5.41) is 9.62. The minimum Gasteiger partial charge on any atom is -0.494 e. The number of carbonyl (C=O) groups excluding carboxylic acids is 1. The van der Waals surface area contributed by atoms with Crippen LogP contribution in [0.3, 0.4) is 0 Å². The second kappa shape index (κ2) is 14.5. The van der Waals surface area contributed by atoms with Crippen molar-refractivity contribution in [1.82, 2.24) is 16.0 Å². The van der Waals surface area contributed by atoms with Gasteiger partial charge < -0.3 is 20.7 Å². The van der Waals surface area contributed by atoms with Crippen LogP contribution in [0.5, 0.6) is 5.75 Å². The smallest absolute Gasteiger partial charge is 0.221 e. The summed E-state index contributed by atoms with van der Waals surface area (Å²) in [5.41, 5.74) is 1.05. The first kappa shape index (κ1) is 24.5. The predicted octanol–water partition coefficient (Wildman–Crippen LogP) is 3.60. The molecule has 7 heteroatoms. The Labute approximate surface area is 186 Å². The number of amides is 1. The molecule has 0 spiro atoms. The van der Waals surface area contributed by atoms with Crippen LogP contribution in [0, 0.1) is 0 Å². The maximum Gasteiger partial charge on any atom is 0.221 e. The van der Waals surface area contributed by atoms with Gasteiger partial charge in [-0.2, -0.15) is 0 Å². The number of para-hydroxylation sites is 1. The third kappa shape index (κ3) is 9.12. The highest BCUT2D eigenvalue weighted by Crippen LogP contribution is 2.19. The quantitative estimate of drug-likeness (QED) is 0.274. The lowest BCUT2D eigenvalue weighted by atomic mass is 9.95. The van der Waals surface area contributed by atoms with E-state index in [0.717, 1.165) is 30.7 Å². The highest BCUT2D eigenvalue weighted by Gasteiger charge is 2.15. The summed E-state index contributed by atoms with van der Waals surface area (Å²) in [6, 6.07) is 8.30. The van der Waals surface area contributed by atoms with Gasteiger partial charge in [0.25, 0.3) is 0 Å². The number of guanidine groups is 1. The van der Waals surface area contributed by atoms with Crippen LogP contribution in [0.4, 0.5) is 0 Å².